The Morgan fingerprint density at radius 3 is 2.67 bits per heavy atom. The zero-order valence-corrected chi connectivity index (χ0v) is 15.1. The smallest absolute Gasteiger partial charge is 0.119 e. The van der Waals surface area contributed by atoms with E-state index < -0.39 is 0 Å². The van der Waals surface area contributed by atoms with Crippen molar-refractivity contribution in [3.8, 4) is 5.75 Å². The van der Waals surface area contributed by atoms with Gasteiger partial charge in [0.15, 0.2) is 0 Å². The number of thioether (sulfide) groups is 1. The van der Waals surface area contributed by atoms with Gasteiger partial charge in [-0.15, -0.1) is 11.8 Å². The second-order valence-corrected chi connectivity index (χ2v) is 7.32. The first-order valence-corrected chi connectivity index (χ1v) is 9.56. The number of rotatable bonds is 3. The molecule has 1 heterocycles. The fourth-order valence-electron chi connectivity index (χ4n) is 3.98. The molecule has 2 aliphatic rings. The van der Waals surface area contributed by atoms with Crippen LogP contribution in [0, 0.1) is 5.92 Å². The lowest BCUT2D eigenvalue weighted by Gasteiger charge is -2.29. The van der Waals surface area contributed by atoms with E-state index in [-0.39, 0.29) is 0 Å². The number of hydrazone groups is 1. The molecule has 0 saturated heterocycles. The highest BCUT2D eigenvalue weighted by molar-refractivity contribution is 7.98. The van der Waals surface area contributed by atoms with Crippen LogP contribution in [0.3, 0.4) is 0 Å². The second-order valence-electron chi connectivity index (χ2n) is 6.45. The molecule has 0 amide bonds. The molecule has 124 valence electrons. The maximum absolute atomic E-state index is 5.37. The van der Waals surface area contributed by atoms with Gasteiger partial charge in [-0.05, 0) is 60.6 Å². The summed E-state index contributed by atoms with van der Waals surface area (Å²) in [5.41, 5.74) is 5.25. The molecule has 4 rings (SSSR count). The molecule has 1 aliphatic heterocycles. The van der Waals surface area contributed by atoms with Crippen molar-refractivity contribution in [3.05, 3.63) is 59.2 Å². The maximum atomic E-state index is 5.37. The highest BCUT2D eigenvalue weighted by Crippen LogP contribution is 2.43. The Hall–Kier alpha value is -1.94. The molecule has 2 unspecified atom stereocenters. The fourth-order valence-corrected chi connectivity index (χ4v) is 4.39. The molecule has 0 bridgehead atoms. The predicted octanol–water partition coefficient (Wildman–Crippen LogP) is 4.37. The molecule has 0 saturated carbocycles. The summed E-state index contributed by atoms with van der Waals surface area (Å²) in [7, 11) is 3.82. The highest BCUT2D eigenvalue weighted by atomic mass is 32.2. The van der Waals surface area contributed by atoms with Crippen molar-refractivity contribution in [1.29, 1.82) is 0 Å². The number of aryl methyl sites for hydroxylation is 1. The quantitative estimate of drug-likeness (QED) is 0.777. The van der Waals surface area contributed by atoms with E-state index in [9.17, 15) is 0 Å². The first-order valence-electron chi connectivity index (χ1n) is 8.34. The average molecular weight is 338 g/mol. The third-order valence-corrected chi connectivity index (χ3v) is 5.91. The summed E-state index contributed by atoms with van der Waals surface area (Å²) in [6.07, 6.45) is 4.34. The molecule has 24 heavy (non-hydrogen) atoms. The molecule has 0 aromatic heterocycles. The fraction of sp³-hybridized carbons (Fsp3) is 0.350. The maximum Gasteiger partial charge on any atom is 0.119 e. The number of benzene rings is 2. The first-order chi connectivity index (χ1) is 11.7. The minimum atomic E-state index is 0.339. The molecule has 0 radical (unpaired) electrons. The molecule has 2 atom stereocenters. The van der Waals surface area contributed by atoms with Crippen molar-refractivity contribution in [1.82, 2.24) is 5.01 Å². The summed E-state index contributed by atoms with van der Waals surface area (Å²) in [5.74, 6) is 1.40. The minimum absolute atomic E-state index is 0.339. The van der Waals surface area contributed by atoms with Crippen LogP contribution in [0.25, 0.3) is 0 Å². The van der Waals surface area contributed by atoms with Gasteiger partial charge in [-0.2, -0.15) is 5.10 Å². The summed E-state index contributed by atoms with van der Waals surface area (Å²) in [5, 5.41) is 7.06. The van der Waals surface area contributed by atoms with Gasteiger partial charge in [-0.1, -0.05) is 12.1 Å². The minimum Gasteiger partial charge on any atom is -0.497 e. The zero-order valence-electron chi connectivity index (χ0n) is 14.3. The topological polar surface area (TPSA) is 24.8 Å². The number of methoxy groups -OCH3 is 1. The molecule has 0 N–H and O–H groups in total. The van der Waals surface area contributed by atoms with Crippen LogP contribution >= 0.6 is 11.8 Å². The summed E-state index contributed by atoms with van der Waals surface area (Å²) in [4.78, 5) is 1.31. The number of hydrogen-bond acceptors (Lipinski definition) is 4. The van der Waals surface area contributed by atoms with Crippen molar-refractivity contribution >= 4 is 17.5 Å². The van der Waals surface area contributed by atoms with Crippen LogP contribution in [0.1, 0.15) is 29.2 Å². The van der Waals surface area contributed by atoms with E-state index >= 15 is 0 Å². The average Bonchev–Trinajstić information content (AvgIpc) is 2.97. The standard InChI is InChI=1S/C20H22N2OS/c1-22-20(13-4-8-16(24-3)9-5-13)18-10-6-14-12-15(23-2)7-11-17(14)19(18)21-22/h4-5,7-9,11-12,18,20H,6,10H2,1-3H3. The lowest BCUT2D eigenvalue weighted by Crippen LogP contribution is -2.27. The third-order valence-electron chi connectivity index (χ3n) is 5.17. The van der Waals surface area contributed by atoms with E-state index in [2.05, 4.69) is 54.7 Å². The summed E-state index contributed by atoms with van der Waals surface area (Å²) >= 11 is 1.78. The van der Waals surface area contributed by atoms with E-state index in [0.717, 1.165) is 18.6 Å². The van der Waals surface area contributed by atoms with E-state index in [1.165, 1.54) is 27.3 Å². The van der Waals surface area contributed by atoms with Crippen LogP contribution in [0.15, 0.2) is 52.5 Å². The number of nitrogens with zero attached hydrogens (tertiary/aromatic N) is 2. The zero-order chi connectivity index (χ0) is 16.7. The summed E-state index contributed by atoms with van der Waals surface area (Å²) in [6.45, 7) is 0. The van der Waals surface area contributed by atoms with E-state index in [0.29, 0.717) is 12.0 Å². The van der Waals surface area contributed by atoms with Gasteiger partial charge in [0.2, 0.25) is 0 Å². The summed E-state index contributed by atoms with van der Waals surface area (Å²) in [6, 6.07) is 15.7. The van der Waals surface area contributed by atoms with Crippen LogP contribution in [-0.4, -0.2) is 31.1 Å². The Balaban J connectivity index is 1.68. The van der Waals surface area contributed by atoms with Crippen molar-refractivity contribution < 1.29 is 4.74 Å². The van der Waals surface area contributed by atoms with E-state index in [1.54, 1.807) is 18.9 Å². The van der Waals surface area contributed by atoms with Crippen molar-refractivity contribution in [3.63, 3.8) is 0 Å². The van der Waals surface area contributed by atoms with Crippen LogP contribution in [-0.2, 0) is 6.42 Å². The monoisotopic (exact) mass is 338 g/mol. The SMILES string of the molecule is COc1ccc2c(c1)CCC1C2=NN(C)C1c1ccc(SC)cc1. The molecular weight excluding hydrogens is 316 g/mol. The van der Waals surface area contributed by atoms with Crippen molar-refractivity contribution in [2.75, 3.05) is 20.4 Å². The predicted molar refractivity (Wildman–Crippen MR) is 100 cm³/mol. The normalized spacial score (nSPS) is 22.0. The molecule has 3 nitrogen and oxygen atoms in total. The van der Waals surface area contributed by atoms with Gasteiger partial charge < -0.3 is 4.74 Å². The number of fused-ring (bicyclic) bond motifs is 3. The Kier molecular flexibility index (Phi) is 4.01. The van der Waals surface area contributed by atoms with E-state index in [1.807, 2.05) is 6.07 Å². The van der Waals surface area contributed by atoms with Gasteiger partial charge in [-0.25, -0.2) is 0 Å². The van der Waals surface area contributed by atoms with Crippen LogP contribution < -0.4 is 4.74 Å². The lowest BCUT2D eigenvalue weighted by atomic mass is 9.77. The van der Waals surface area contributed by atoms with Gasteiger partial charge in [0.25, 0.3) is 0 Å². The van der Waals surface area contributed by atoms with Crippen LogP contribution in [0.4, 0.5) is 0 Å². The molecular formula is C20H22N2OS. The first kappa shape index (κ1) is 15.6. The third kappa shape index (κ3) is 2.49. The van der Waals surface area contributed by atoms with Crippen molar-refractivity contribution in [2.45, 2.75) is 23.8 Å². The molecule has 2 aromatic carbocycles. The second kappa shape index (κ2) is 6.17. The molecule has 0 spiro atoms. The van der Waals surface area contributed by atoms with Gasteiger partial charge in [0.05, 0.1) is 18.9 Å². The van der Waals surface area contributed by atoms with Gasteiger partial charge in [0.1, 0.15) is 5.75 Å². The lowest BCUT2D eigenvalue weighted by molar-refractivity contribution is 0.243. The number of ether oxygens (including phenoxy) is 1. The van der Waals surface area contributed by atoms with E-state index in [4.69, 9.17) is 9.84 Å². The van der Waals surface area contributed by atoms with Gasteiger partial charge in [0, 0.05) is 23.4 Å². The van der Waals surface area contributed by atoms with Crippen LogP contribution in [0.5, 0.6) is 5.75 Å². The molecule has 1 aliphatic carbocycles. The Morgan fingerprint density at radius 2 is 1.96 bits per heavy atom. The molecule has 4 heteroatoms. The number of hydrogen-bond donors (Lipinski definition) is 0. The Morgan fingerprint density at radius 1 is 1.17 bits per heavy atom. The summed E-state index contributed by atoms with van der Waals surface area (Å²) < 4.78 is 5.37. The van der Waals surface area contributed by atoms with Gasteiger partial charge in [-0.3, -0.25) is 5.01 Å². The van der Waals surface area contributed by atoms with Crippen molar-refractivity contribution in [2.24, 2.45) is 11.0 Å². The Labute approximate surface area is 147 Å². The highest BCUT2D eigenvalue weighted by Gasteiger charge is 2.39. The van der Waals surface area contributed by atoms with Gasteiger partial charge >= 0.3 is 0 Å². The Bertz CT molecular complexity index is 785. The largest absolute Gasteiger partial charge is 0.497 e. The molecule has 0 fully saturated rings. The molecule has 2 aromatic rings. The van der Waals surface area contributed by atoms with Crippen LogP contribution in [0.2, 0.25) is 0 Å².